The predicted molar refractivity (Wildman–Crippen MR) is 84.0 cm³/mol. The van der Waals surface area contributed by atoms with Crippen molar-refractivity contribution in [3.05, 3.63) is 22.4 Å². The molecule has 22 heavy (non-hydrogen) atoms. The van der Waals surface area contributed by atoms with Gasteiger partial charge in [0.15, 0.2) is 0 Å². The van der Waals surface area contributed by atoms with Gasteiger partial charge >= 0.3 is 12.1 Å². The first kappa shape index (κ1) is 16.8. The minimum atomic E-state index is -0.865. The summed E-state index contributed by atoms with van der Waals surface area (Å²) in [4.78, 5) is 25.2. The summed E-state index contributed by atoms with van der Waals surface area (Å²) in [6.07, 6.45) is 0.259. The van der Waals surface area contributed by atoms with Crippen molar-refractivity contribution in [1.29, 1.82) is 0 Å². The molecule has 0 aromatic carbocycles. The van der Waals surface area contributed by atoms with Crippen molar-refractivity contribution < 1.29 is 19.4 Å². The van der Waals surface area contributed by atoms with Gasteiger partial charge < -0.3 is 15.2 Å². The summed E-state index contributed by atoms with van der Waals surface area (Å²) < 4.78 is 5.23. The second-order valence-corrected chi connectivity index (χ2v) is 7.20. The molecular weight excluding hydrogens is 304 g/mol. The van der Waals surface area contributed by atoms with E-state index in [0.29, 0.717) is 19.5 Å². The van der Waals surface area contributed by atoms with Crippen molar-refractivity contribution in [3.63, 3.8) is 0 Å². The minimum Gasteiger partial charge on any atom is -0.480 e. The monoisotopic (exact) mass is 326 g/mol. The largest absolute Gasteiger partial charge is 0.480 e. The highest BCUT2D eigenvalue weighted by atomic mass is 32.1. The van der Waals surface area contributed by atoms with Crippen LogP contribution < -0.4 is 5.32 Å². The number of nitrogens with zero attached hydrogens (tertiary/aromatic N) is 1. The number of alkyl carbamates (subject to hydrolysis) is 1. The Bertz CT molecular complexity index is 524. The molecular formula is C15H22N2O4S. The third-order valence-corrected chi connectivity index (χ3v) is 4.10. The van der Waals surface area contributed by atoms with E-state index in [9.17, 15) is 14.7 Å². The molecule has 6 nitrogen and oxygen atoms in total. The topological polar surface area (TPSA) is 78.9 Å². The Hall–Kier alpha value is -1.60. The predicted octanol–water partition coefficient (Wildman–Crippen LogP) is 2.47. The summed E-state index contributed by atoms with van der Waals surface area (Å²) in [6, 6.07) is 1.09. The van der Waals surface area contributed by atoms with Crippen molar-refractivity contribution in [1.82, 2.24) is 10.2 Å². The average molecular weight is 326 g/mol. The highest BCUT2D eigenvalue weighted by molar-refractivity contribution is 7.08. The van der Waals surface area contributed by atoms with Gasteiger partial charge in [-0.2, -0.15) is 11.3 Å². The number of rotatable bonds is 4. The lowest BCUT2D eigenvalue weighted by atomic mass is 10.1. The molecule has 0 radical (unpaired) electrons. The Labute approximate surface area is 134 Å². The normalized spacial score (nSPS) is 20.6. The lowest BCUT2D eigenvalue weighted by molar-refractivity contribution is -0.143. The van der Waals surface area contributed by atoms with Crippen LogP contribution in [0.25, 0.3) is 0 Å². The van der Waals surface area contributed by atoms with Crippen LogP contribution in [0.2, 0.25) is 0 Å². The second-order valence-electron chi connectivity index (χ2n) is 6.42. The van der Waals surface area contributed by atoms with Gasteiger partial charge in [-0.25, -0.2) is 4.79 Å². The van der Waals surface area contributed by atoms with E-state index in [0.717, 1.165) is 5.56 Å². The van der Waals surface area contributed by atoms with Crippen LogP contribution in [0.3, 0.4) is 0 Å². The van der Waals surface area contributed by atoms with Crippen LogP contribution in [0, 0.1) is 0 Å². The highest BCUT2D eigenvalue weighted by Crippen LogP contribution is 2.27. The van der Waals surface area contributed by atoms with Gasteiger partial charge in [-0.3, -0.25) is 9.69 Å². The van der Waals surface area contributed by atoms with E-state index in [1.165, 1.54) is 11.3 Å². The maximum atomic E-state index is 11.8. The standard InChI is InChI=1S/C15H22N2O4S/c1-15(2,3)21-14(20)16-11-4-6-17(8-11)12(13(18)19)10-5-7-22-9-10/h5,7,9,11-12H,4,6,8H2,1-3H3,(H,16,20)(H,18,19)/t11-,12-/m0/s1. The maximum absolute atomic E-state index is 11.8. The van der Waals surface area contributed by atoms with Gasteiger partial charge in [0.2, 0.25) is 0 Å². The van der Waals surface area contributed by atoms with Gasteiger partial charge in [0.1, 0.15) is 11.6 Å². The Morgan fingerprint density at radius 1 is 1.50 bits per heavy atom. The quantitative estimate of drug-likeness (QED) is 0.888. The molecule has 0 bridgehead atoms. The molecule has 7 heteroatoms. The van der Waals surface area contributed by atoms with E-state index in [2.05, 4.69) is 5.32 Å². The number of amides is 1. The Kier molecular flexibility index (Phi) is 5.08. The molecule has 1 amide bonds. The number of likely N-dealkylation sites (tertiary alicyclic amines) is 1. The van der Waals surface area contributed by atoms with Gasteiger partial charge in [0, 0.05) is 19.1 Å². The molecule has 122 valence electrons. The van der Waals surface area contributed by atoms with E-state index < -0.39 is 23.7 Å². The third kappa shape index (κ3) is 4.45. The molecule has 2 heterocycles. The third-order valence-electron chi connectivity index (χ3n) is 3.40. The van der Waals surface area contributed by atoms with Gasteiger partial charge in [0.05, 0.1) is 0 Å². The van der Waals surface area contributed by atoms with Crippen LogP contribution in [0.1, 0.15) is 38.8 Å². The van der Waals surface area contributed by atoms with Crippen molar-refractivity contribution >= 4 is 23.4 Å². The highest BCUT2D eigenvalue weighted by Gasteiger charge is 2.34. The zero-order valence-corrected chi connectivity index (χ0v) is 13.9. The van der Waals surface area contributed by atoms with Gasteiger partial charge in [-0.1, -0.05) is 0 Å². The first-order valence-electron chi connectivity index (χ1n) is 7.25. The smallest absolute Gasteiger partial charge is 0.407 e. The number of aliphatic carboxylic acids is 1. The summed E-state index contributed by atoms with van der Waals surface area (Å²) in [5.74, 6) is -0.865. The van der Waals surface area contributed by atoms with Crippen molar-refractivity contribution in [2.45, 2.75) is 44.9 Å². The number of hydrogen-bond acceptors (Lipinski definition) is 5. The summed E-state index contributed by atoms with van der Waals surface area (Å²) in [6.45, 7) is 6.57. The fourth-order valence-electron chi connectivity index (χ4n) is 2.55. The van der Waals surface area contributed by atoms with Crippen molar-refractivity contribution in [2.24, 2.45) is 0 Å². The number of ether oxygens (including phenoxy) is 1. The van der Waals surface area contributed by atoms with Crippen LogP contribution in [0.5, 0.6) is 0 Å². The molecule has 1 fully saturated rings. The van der Waals surface area contributed by atoms with Crippen LogP contribution in [0.4, 0.5) is 4.79 Å². The second kappa shape index (κ2) is 6.66. The molecule has 1 aliphatic heterocycles. The molecule has 0 unspecified atom stereocenters. The number of carboxylic acid groups (broad SMARTS) is 1. The zero-order chi connectivity index (χ0) is 16.3. The molecule has 1 aromatic rings. The van der Waals surface area contributed by atoms with E-state index in [-0.39, 0.29) is 6.04 Å². The number of carbonyl (C=O) groups is 2. The number of nitrogens with one attached hydrogen (secondary N) is 1. The first-order valence-corrected chi connectivity index (χ1v) is 8.19. The van der Waals surface area contributed by atoms with E-state index in [1.54, 1.807) is 0 Å². The maximum Gasteiger partial charge on any atom is 0.407 e. The van der Waals surface area contributed by atoms with Crippen LogP contribution in [0.15, 0.2) is 16.8 Å². The van der Waals surface area contributed by atoms with Gasteiger partial charge in [-0.05, 0) is 49.6 Å². The molecule has 1 aromatic heterocycles. The van der Waals surface area contributed by atoms with Crippen molar-refractivity contribution in [3.8, 4) is 0 Å². The van der Waals surface area contributed by atoms with E-state index in [1.807, 2.05) is 42.5 Å². The molecule has 0 spiro atoms. The Morgan fingerprint density at radius 2 is 2.23 bits per heavy atom. The molecule has 2 rings (SSSR count). The number of thiophene rings is 1. The van der Waals surface area contributed by atoms with Crippen molar-refractivity contribution in [2.75, 3.05) is 13.1 Å². The summed E-state index contributed by atoms with van der Waals surface area (Å²) in [5.41, 5.74) is 0.248. The Morgan fingerprint density at radius 3 is 2.77 bits per heavy atom. The molecule has 2 atom stereocenters. The number of carbonyl (C=O) groups excluding carboxylic acids is 1. The van der Waals surface area contributed by atoms with E-state index >= 15 is 0 Å². The summed E-state index contributed by atoms with van der Waals surface area (Å²) >= 11 is 1.48. The molecule has 0 aliphatic carbocycles. The lowest BCUT2D eigenvalue weighted by Crippen LogP contribution is -2.41. The molecule has 1 saturated heterocycles. The number of hydrogen-bond donors (Lipinski definition) is 2. The summed E-state index contributed by atoms with van der Waals surface area (Å²) in [7, 11) is 0. The van der Waals surface area contributed by atoms with Gasteiger partial charge in [0.25, 0.3) is 0 Å². The number of carboxylic acids is 1. The fraction of sp³-hybridized carbons (Fsp3) is 0.600. The minimum absolute atomic E-state index is 0.0877. The molecule has 2 N–H and O–H groups in total. The van der Waals surface area contributed by atoms with E-state index in [4.69, 9.17) is 4.74 Å². The first-order chi connectivity index (χ1) is 10.3. The zero-order valence-electron chi connectivity index (χ0n) is 13.0. The van der Waals surface area contributed by atoms with Crippen LogP contribution in [-0.2, 0) is 9.53 Å². The molecule has 0 saturated carbocycles. The average Bonchev–Trinajstić information content (AvgIpc) is 2.99. The summed E-state index contributed by atoms with van der Waals surface area (Å²) in [5, 5.41) is 16.0. The van der Waals surface area contributed by atoms with Gasteiger partial charge in [-0.15, -0.1) is 0 Å². The molecule has 1 aliphatic rings. The van der Waals surface area contributed by atoms with Crippen LogP contribution >= 0.6 is 11.3 Å². The lowest BCUT2D eigenvalue weighted by Gasteiger charge is -2.24. The fourth-order valence-corrected chi connectivity index (χ4v) is 3.23. The Balaban J connectivity index is 1.94. The van der Waals surface area contributed by atoms with Crippen LogP contribution in [-0.4, -0.2) is 46.8 Å². The SMILES string of the molecule is CC(C)(C)OC(=O)N[C@H]1CCN([C@H](C(=O)O)c2ccsc2)C1.